The number of allylic oxidation sites excluding steroid dienone is 4. The van der Waals surface area contributed by atoms with Gasteiger partial charge in [0.2, 0.25) is 0 Å². The molecular weight excluding hydrogens is 382 g/mol. The van der Waals surface area contributed by atoms with E-state index in [9.17, 15) is 0 Å². The number of aryl methyl sites for hydroxylation is 1. The summed E-state index contributed by atoms with van der Waals surface area (Å²) in [5.41, 5.74) is 8.82. The monoisotopic (exact) mass is 401 g/mol. The number of pyridine rings is 1. The molecule has 1 aromatic heterocycles. The molecule has 128 valence electrons. The van der Waals surface area contributed by atoms with Gasteiger partial charge in [-0.3, -0.25) is 4.98 Å². The Bertz CT molecular complexity index is 1070. The second kappa shape index (κ2) is 6.51. The molecule has 0 fully saturated rings. The molecule has 0 amide bonds. The van der Waals surface area contributed by atoms with Crippen molar-refractivity contribution in [1.82, 2.24) is 4.98 Å². The molecular formula is C24H20BrN. The minimum absolute atomic E-state index is 0.929. The van der Waals surface area contributed by atoms with Gasteiger partial charge >= 0.3 is 0 Å². The van der Waals surface area contributed by atoms with E-state index >= 15 is 0 Å². The fourth-order valence-electron chi connectivity index (χ4n) is 4.47. The predicted molar refractivity (Wildman–Crippen MR) is 112 cm³/mol. The van der Waals surface area contributed by atoms with E-state index in [4.69, 9.17) is 0 Å². The maximum Gasteiger partial charge on any atom is 0.0413 e. The number of rotatable bonds is 2. The maximum absolute atomic E-state index is 4.20. The molecule has 0 saturated heterocycles. The second-order valence-electron chi connectivity index (χ2n) is 7.21. The van der Waals surface area contributed by atoms with Crippen molar-refractivity contribution in [1.29, 1.82) is 0 Å². The van der Waals surface area contributed by atoms with Crippen molar-refractivity contribution in [3.05, 3.63) is 93.2 Å². The van der Waals surface area contributed by atoms with E-state index in [2.05, 4.69) is 69.5 Å². The van der Waals surface area contributed by atoms with Crippen LogP contribution in [0, 0.1) is 0 Å². The third-order valence-corrected chi connectivity index (χ3v) is 6.44. The van der Waals surface area contributed by atoms with E-state index in [0.717, 1.165) is 17.3 Å². The number of hydrogen-bond acceptors (Lipinski definition) is 1. The van der Waals surface area contributed by atoms with Gasteiger partial charge in [-0.2, -0.15) is 0 Å². The van der Waals surface area contributed by atoms with Crippen molar-refractivity contribution in [2.45, 2.75) is 32.1 Å². The van der Waals surface area contributed by atoms with Crippen molar-refractivity contribution >= 4 is 32.3 Å². The predicted octanol–water partition coefficient (Wildman–Crippen LogP) is 6.64. The first-order valence-electron chi connectivity index (χ1n) is 9.32. The lowest BCUT2D eigenvalue weighted by molar-refractivity contribution is 0.830. The highest BCUT2D eigenvalue weighted by Gasteiger charge is 2.21. The molecule has 1 heterocycles. The summed E-state index contributed by atoms with van der Waals surface area (Å²) in [6, 6.07) is 13.5. The zero-order valence-electron chi connectivity index (χ0n) is 14.6. The van der Waals surface area contributed by atoms with E-state index in [-0.39, 0.29) is 0 Å². The van der Waals surface area contributed by atoms with Crippen LogP contribution < -0.4 is 0 Å². The molecule has 0 aliphatic heterocycles. The molecule has 5 rings (SSSR count). The largest absolute Gasteiger partial charge is 0.264 e. The van der Waals surface area contributed by atoms with Crippen LogP contribution in [-0.2, 0) is 12.8 Å². The average Bonchev–Trinajstić information content (AvgIpc) is 2.69. The fraction of sp³-hybridized carbons (Fsp3) is 0.208. The van der Waals surface area contributed by atoms with E-state index in [1.807, 2.05) is 12.4 Å². The third kappa shape index (κ3) is 2.64. The van der Waals surface area contributed by atoms with Gasteiger partial charge in [-0.15, -0.1) is 0 Å². The number of halogens is 1. The lowest BCUT2D eigenvalue weighted by Crippen LogP contribution is -2.08. The fourth-order valence-corrected chi connectivity index (χ4v) is 4.86. The normalized spacial score (nSPS) is 15.9. The van der Waals surface area contributed by atoms with Crippen LogP contribution in [-0.4, -0.2) is 4.98 Å². The highest BCUT2D eigenvalue weighted by Crippen LogP contribution is 2.41. The van der Waals surface area contributed by atoms with Crippen LogP contribution in [0.4, 0.5) is 0 Å². The SMILES string of the molecule is Brc1cnccc1Cc1cccc2ccc3c(c12)CCC1=C3C=CCC1. The molecule has 0 atom stereocenters. The Balaban J connectivity index is 1.70. The van der Waals surface area contributed by atoms with Gasteiger partial charge in [-0.25, -0.2) is 0 Å². The van der Waals surface area contributed by atoms with E-state index in [1.54, 1.807) is 5.57 Å². The number of benzene rings is 2. The lowest BCUT2D eigenvalue weighted by Gasteiger charge is -2.26. The van der Waals surface area contributed by atoms with Gasteiger partial charge in [0.15, 0.2) is 0 Å². The first-order valence-corrected chi connectivity index (χ1v) is 10.1. The summed E-state index contributed by atoms with van der Waals surface area (Å²) in [6.45, 7) is 0. The van der Waals surface area contributed by atoms with Crippen LogP contribution in [0.25, 0.3) is 16.3 Å². The van der Waals surface area contributed by atoms with Crippen LogP contribution >= 0.6 is 15.9 Å². The molecule has 0 radical (unpaired) electrons. The highest BCUT2D eigenvalue weighted by atomic mass is 79.9. The summed E-state index contributed by atoms with van der Waals surface area (Å²) in [6.07, 6.45) is 14.2. The van der Waals surface area contributed by atoms with Crippen molar-refractivity contribution in [3.8, 4) is 0 Å². The molecule has 0 N–H and O–H groups in total. The van der Waals surface area contributed by atoms with Crippen molar-refractivity contribution in [3.63, 3.8) is 0 Å². The molecule has 1 nitrogen and oxygen atoms in total. The average molecular weight is 402 g/mol. The van der Waals surface area contributed by atoms with Gasteiger partial charge in [-0.1, -0.05) is 48.1 Å². The Kier molecular flexibility index (Phi) is 4.01. The van der Waals surface area contributed by atoms with Crippen molar-refractivity contribution in [2.75, 3.05) is 0 Å². The Morgan fingerprint density at radius 2 is 1.92 bits per heavy atom. The van der Waals surface area contributed by atoms with Crippen molar-refractivity contribution in [2.24, 2.45) is 0 Å². The van der Waals surface area contributed by atoms with Crippen LogP contribution in [0.5, 0.6) is 0 Å². The molecule has 0 unspecified atom stereocenters. The quantitative estimate of drug-likeness (QED) is 0.468. The van der Waals surface area contributed by atoms with Crippen molar-refractivity contribution < 1.29 is 0 Å². The van der Waals surface area contributed by atoms with Crippen LogP contribution in [0.3, 0.4) is 0 Å². The zero-order chi connectivity index (χ0) is 17.5. The zero-order valence-corrected chi connectivity index (χ0v) is 16.2. The van der Waals surface area contributed by atoms with E-state index in [0.29, 0.717) is 0 Å². The maximum atomic E-state index is 4.20. The molecule has 2 heteroatoms. The van der Waals surface area contributed by atoms with Crippen LogP contribution in [0.15, 0.2) is 71.0 Å². The Labute approximate surface area is 162 Å². The molecule has 2 aliphatic rings. The summed E-state index contributed by atoms with van der Waals surface area (Å²) >= 11 is 3.66. The highest BCUT2D eigenvalue weighted by molar-refractivity contribution is 9.10. The smallest absolute Gasteiger partial charge is 0.0413 e. The van der Waals surface area contributed by atoms with Gasteiger partial charge in [-0.05, 0) is 92.7 Å². The molecule has 0 spiro atoms. The summed E-state index contributed by atoms with van der Waals surface area (Å²) in [7, 11) is 0. The first kappa shape index (κ1) is 16.0. The second-order valence-corrected chi connectivity index (χ2v) is 8.06. The number of hydrogen-bond donors (Lipinski definition) is 0. The Morgan fingerprint density at radius 1 is 0.962 bits per heavy atom. The van der Waals surface area contributed by atoms with E-state index in [1.165, 1.54) is 57.9 Å². The van der Waals surface area contributed by atoms with Crippen LogP contribution in [0.2, 0.25) is 0 Å². The molecule has 0 saturated carbocycles. The molecule has 26 heavy (non-hydrogen) atoms. The van der Waals surface area contributed by atoms with Gasteiger partial charge < -0.3 is 0 Å². The van der Waals surface area contributed by atoms with Gasteiger partial charge in [0.25, 0.3) is 0 Å². The summed E-state index contributed by atoms with van der Waals surface area (Å²) in [4.78, 5) is 4.20. The Morgan fingerprint density at radius 3 is 2.85 bits per heavy atom. The van der Waals surface area contributed by atoms with E-state index < -0.39 is 0 Å². The number of fused-ring (bicyclic) bond motifs is 4. The summed E-state index contributed by atoms with van der Waals surface area (Å²) in [5, 5.41) is 2.81. The first-order chi connectivity index (χ1) is 12.8. The number of nitrogens with zero attached hydrogens (tertiary/aromatic N) is 1. The molecule has 0 bridgehead atoms. The lowest BCUT2D eigenvalue weighted by atomic mass is 9.78. The third-order valence-electron chi connectivity index (χ3n) is 5.72. The topological polar surface area (TPSA) is 12.9 Å². The summed E-state index contributed by atoms with van der Waals surface area (Å²) in [5.74, 6) is 0. The van der Waals surface area contributed by atoms with Crippen LogP contribution in [0.1, 0.15) is 41.5 Å². The minimum Gasteiger partial charge on any atom is -0.264 e. The molecule has 2 aromatic carbocycles. The number of aromatic nitrogens is 1. The molecule has 2 aliphatic carbocycles. The summed E-state index contributed by atoms with van der Waals surface area (Å²) < 4.78 is 1.09. The van der Waals surface area contributed by atoms with Gasteiger partial charge in [0.05, 0.1) is 0 Å². The standard InChI is InChI=1S/C24H20BrN/c25-23-15-26-13-12-18(23)14-19-6-3-5-17-9-10-21-20-7-2-1-4-16(20)8-11-22(21)24(17)19/h2-3,5-7,9-10,12-13,15H,1,4,8,11,14H2. The van der Waals surface area contributed by atoms with Gasteiger partial charge in [0.1, 0.15) is 0 Å². The van der Waals surface area contributed by atoms with Gasteiger partial charge in [0, 0.05) is 16.9 Å². The minimum atomic E-state index is 0.929. The molecule has 3 aromatic rings. The Hall–Kier alpha value is -2.19.